The predicted octanol–water partition coefficient (Wildman–Crippen LogP) is 1.53. The highest BCUT2D eigenvalue weighted by Gasteiger charge is 2.35. The molecule has 4 heterocycles. The van der Waals surface area contributed by atoms with Gasteiger partial charge in [0, 0.05) is 64.1 Å². The summed E-state index contributed by atoms with van der Waals surface area (Å²) in [4.78, 5) is 89.1. The highest BCUT2D eigenvalue weighted by atomic mass is 32.1. The number of nitrogens with zero attached hydrogens (tertiary/aromatic N) is 4. The van der Waals surface area contributed by atoms with Gasteiger partial charge < -0.3 is 30.5 Å². The van der Waals surface area contributed by atoms with Crippen molar-refractivity contribution in [3.05, 3.63) is 54.7 Å². The Labute approximate surface area is 285 Å². The zero-order chi connectivity index (χ0) is 33.9. The summed E-state index contributed by atoms with van der Waals surface area (Å²) in [6.07, 6.45) is 5.13. The van der Waals surface area contributed by atoms with E-state index < -0.39 is 11.9 Å². The van der Waals surface area contributed by atoms with Crippen molar-refractivity contribution in [1.29, 1.82) is 0 Å². The first-order chi connectivity index (χ1) is 23.1. The quantitative estimate of drug-likeness (QED) is 0.273. The molecule has 0 spiro atoms. The average molecular weight is 696 g/mol. The summed E-state index contributed by atoms with van der Waals surface area (Å²) in [5.74, 6) is -1.67. The highest BCUT2D eigenvalue weighted by molar-refractivity contribution is 7.16. The van der Waals surface area contributed by atoms with Gasteiger partial charge in [-0.25, -0.2) is 9.97 Å². The van der Waals surface area contributed by atoms with E-state index in [2.05, 4.69) is 25.9 Å². The van der Waals surface area contributed by atoms with Crippen LogP contribution in [0.3, 0.4) is 0 Å². The highest BCUT2D eigenvalue weighted by Crippen LogP contribution is 2.28. The third-order valence-corrected chi connectivity index (χ3v) is 10.6. The summed E-state index contributed by atoms with van der Waals surface area (Å²) in [6, 6.07) is 0.115. The van der Waals surface area contributed by atoms with Gasteiger partial charge in [-0.1, -0.05) is 0 Å². The lowest BCUT2D eigenvalue weighted by Crippen LogP contribution is -2.52. The molecule has 0 bridgehead atoms. The van der Waals surface area contributed by atoms with E-state index in [0.29, 0.717) is 75.1 Å². The fraction of sp³-hybridized carbons (Fsp3) is 0.500. The van der Waals surface area contributed by atoms with Crippen LogP contribution in [0.5, 0.6) is 0 Å². The molecule has 0 saturated carbocycles. The number of ketones is 4. The number of Topliss-reactive ketones (excluding diaryl/α,β-unsaturated/α-hetero) is 2. The molecule has 254 valence electrons. The second-order valence-electron chi connectivity index (χ2n) is 12.1. The lowest BCUT2D eigenvalue weighted by atomic mass is 10.0. The molecule has 2 amide bonds. The van der Waals surface area contributed by atoms with Crippen LogP contribution in [-0.2, 0) is 9.53 Å². The smallest absolute Gasteiger partial charge is 0.282 e. The minimum Gasteiger partial charge on any atom is -0.382 e. The Balaban J connectivity index is 0.909. The number of allylic oxidation sites excluding steroid dienone is 4. The van der Waals surface area contributed by atoms with Gasteiger partial charge in [-0.15, -0.1) is 22.7 Å². The van der Waals surface area contributed by atoms with Crippen molar-refractivity contribution in [3.8, 4) is 0 Å². The van der Waals surface area contributed by atoms with Crippen LogP contribution in [0.15, 0.2) is 23.5 Å². The Morgan fingerprint density at radius 1 is 0.896 bits per heavy atom. The Morgan fingerprint density at radius 2 is 1.60 bits per heavy atom. The van der Waals surface area contributed by atoms with Crippen LogP contribution in [0.25, 0.3) is 0 Å². The van der Waals surface area contributed by atoms with Crippen LogP contribution in [0, 0.1) is 6.92 Å². The molecular weight excluding hydrogens is 659 g/mol. The molecule has 14 nitrogen and oxygen atoms in total. The topological polar surface area (TPSA) is 180 Å². The van der Waals surface area contributed by atoms with Crippen LogP contribution in [0.2, 0.25) is 0 Å². The Morgan fingerprint density at radius 3 is 2.35 bits per heavy atom. The summed E-state index contributed by atoms with van der Waals surface area (Å²) < 4.78 is 5.50. The van der Waals surface area contributed by atoms with Gasteiger partial charge in [0.25, 0.3) is 11.8 Å². The maximum Gasteiger partial charge on any atom is 0.282 e. The molecule has 4 aliphatic rings. The van der Waals surface area contributed by atoms with Crippen molar-refractivity contribution in [1.82, 2.24) is 35.7 Å². The molecule has 2 unspecified atom stereocenters. The molecule has 3 N–H and O–H groups in total. The van der Waals surface area contributed by atoms with Crippen LogP contribution >= 0.6 is 22.7 Å². The van der Waals surface area contributed by atoms with Crippen LogP contribution in [0.4, 0.5) is 0 Å². The van der Waals surface area contributed by atoms with E-state index in [9.17, 15) is 28.8 Å². The zero-order valence-electron chi connectivity index (χ0n) is 26.8. The molecule has 6 rings (SSSR count). The Hall–Kier alpha value is -4.12. The summed E-state index contributed by atoms with van der Waals surface area (Å²) in [6.45, 7) is 7.41. The fourth-order valence-electron chi connectivity index (χ4n) is 5.95. The number of aromatic nitrogens is 2. The van der Waals surface area contributed by atoms with E-state index in [1.54, 1.807) is 16.7 Å². The third kappa shape index (κ3) is 7.16. The normalized spacial score (nSPS) is 19.9. The van der Waals surface area contributed by atoms with Crippen LogP contribution in [-0.4, -0.2) is 119 Å². The molecule has 0 aromatic carbocycles. The number of carbonyl (C=O) groups excluding carboxylic acids is 6. The van der Waals surface area contributed by atoms with E-state index in [4.69, 9.17) is 4.74 Å². The lowest BCUT2D eigenvalue weighted by molar-refractivity contribution is -0.142. The number of hydrogen-bond acceptors (Lipinski definition) is 14. The first kappa shape index (κ1) is 33.8. The maximum atomic E-state index is 13.2. The minimum absolute atomic E-state index is 0.0141. The number of amides is 2. The van der Waals surface area contributed by atoms with Crippen molar-refractivity contribution in [2.24, 2.45) is 0 Å². The Kier molecular flexibility index (Phi) is 10.2. The van der Waals surface area contributed by atoms with Gasteiger partial charge in [0.05, 0.1) is 16.4 Å². The monoisotopic (exact) mass is 695 g/mol. The first-order valence-corrected chi connectivity index (χ1v) is 17.7. The van der Waals surface area contributed by atoms with Gasteiger partial charge >= 0.3 is 0 Å². The SMILES string of the molecule is Cc1nc2c(s1)C(=O)C(NCCC(C)NCCCNC1=CC(=O)c3sc(C(=O)N4CCN(C(=O)C5CCCO5)CC4)nc3C1=O)=CC2=O. The molecular formula is C32H37N7O7S2. The fourth-order valence-corrected chi connectivity index (χ4v) is 7.77. The van der Waals surface area contributed by atoms with E-state index >= 15 is 0 Å². The molecule has 48 heavy (non-hydrogen) atoms. The summed E-state index contributed by atoms with van der Waals surface area (Å²) in [5, 5.41) is 10.3. The number of piperazine rings is 1. The van der Waals surface area contributed by atoms with Crippen molar-refractivity contribution in [3.63, 3.8) is 0 Å². The molecule has 2 aromatic rings. The van der Waals surface area contributed by atoms with E-state index in [-0.39, 0.29) is 67.9 Å². The standard InChI is InChI=1S/C32H37N7O7S2/c1-17(6-9-35-20-15-21(40)24-29(27(20)43)47-18(2)36-24)33-7-4-8-34-19-16-22(41)28-25(26(19)42)37-30(48-28)32(45)39-12-10-38(11-13-39)31(44)23-5-3-14-46-23/h15-17,23,33-35H,3-14H2,1-2H3. The molecule has 0 radical (unpaired) electrons. The number of aryl methyl sites for hydroxylation is 1. The van der Waals surface area contributed by atoms with Crippen molar-refractivity contribution < 1.29 is 33.5 Å². The second-order valence-corrected chi connectivity index (χ2v) is 14.3. The second kappa shape index (κ2) is 14.6. The molecule has 2 atom stereocenters. The van der Waals surface area contributed by atoms with Gasteiger partial charge in [0.1, 0.15) is 27.2 Å². The summed E-state index contributed by atoms with van der Waals surface area (Å²) in [5.41, 5.74) is 0.646. The molecule has 2 aliphatic heterocycles. The van der Waals surface area contributed by atoms with E-state index in [0.717, 1.165) is 24.2 Å². The van der Waals surface area contributed by atoms with E-state index in [1.165, 1.54) is 23.5 Å². The number of nitrogens with one attached hydrogen (secondary N) is 3. The lowest BCUT2D eigenvalue weighted by Gasteiger charge is -2.35. The van der Waals surface area contributed by atoms with Gasteiger partial charge in [-0.05, 0) is 46.1 Å². The van der Waals surface area contributed by atoms with Crippen molar-refractivity contribution >= 4 is 57.6 Å². The summed E-state index contributed by atoms with van der Waals surface area (Å²) in [7, 11) is 0. The molecule has 2 aliphatic carbocycles. The molecule has 16 heteroatoms. The molecule has 2 aromatic heterocycles. The van der Waals surface area contributed by atoms with Gasteiger partial charge in [0.15, 0.2) is 10.8 Å². The third-order valence-electron chi connectivity index (χ3n) is 8.60. The number of rotatable bonds is 12. The number of carbonyl (C=O) groups is 6. The molecule has 2 saturated heterocycles. The van der Waals surface area contributed by atoms with Gasteiger partial charge in [0.2, 0.25) is 17.3 Å². The Bertz CT molecular complexity index is 1710. The number of fused-ring (bicyclic) bond motifs is 2. The van der Waals surface area contributed by atoms with Crippen molar-refractivity contribution in [2.75, 3.05) is 52.4 Å². The first-order valence-electron chi connectivity index (χ1n) is 16.1. The summed E-state index contributed by atoms with van der Waals surface area (Å²) >= 11 is 2.15. The minimum atomic E-state index is -0.426. The average Bonchev–Trinajstić information content (AvgIpc) is 3.86. The van der Waals surface area contributed by atoms with Crippen LogP contribution in [0.1, 0.15) is 87.7 Å². The van der Waals surface area contributed by atoms with Gasteiger partial charge in [-0.2, -0.15) is 0 Å². The van der Waals surface area contributed by atoms with E-state index in [1.807, 2.05) is 6.92 Å². The van der Waals surface area contributed by atoms with Crippen LogP contribution < -0.4 is 16.0 Å². The van der Waals surface area contributed by atoms with Crippen molar-refractivity contribution in [2.45, 2.75) is 51.7 Å². The predicted molar refractivity (Wildman–Crippen MR) is 177 cm³/mol. The maximum absolute atomic E-state index is 13.2. The number of hydrogen-bond donors (Lipinski definition) is 3. The molecule has 2 fully saturated rings. The number of ether oxygens (including phenoxy) is 1. The number of thiazole rings is 2. The largest absolute Gasteiger partial charge is 0.382 e. The van der Waals surface area contributed by atoms with Gasteiger partial charge in [-0.3, -0.25) is 28.8 Å². The zero-order valence-corrected chi connectivity index (χ0v) is 28.4.